The number of carbonyl (C=O) groups is 1. The zero-order valence-corrected chi connectivity index (χ0v) is 11.2. The topological polar surface area (TPSA) is 75.0 Å². The molecule has 1 amide bonds. The number of carbonyl (C=O) groups excluding carboxylic acids is 1. The van der Waals surface area contributed by atoms with Crippen LogP contribution in [0, 0.1) is 11.3 Å². The standard InChI is InChI=1S/C14H19N3O2/c1-2-19-9-5-3-4-6-14(18)17-13-8-7-12(10-15)16-11-13/h7-8,11H,2-6,9H2,1H3,(H,17,18). The van der Waals surface area contributed by atoms with Crippen molar-refractivity contribution >= 4 is 11.6 Å². The Morgan fingerprint density at radius 3 is 2.89 bits per heavy atom. The molecule has 0 aliphatic rings. The van der Waals surface area contributed by atoms with Gasteiger partial charge in [0, 0.05) is 19.6 Å². The lowest BCUT2D eigenvalue weighted by atomic mass is 10.2. The molecule has 1 N–H and O–H groups in total. The van der Waals surface area contributed by atoms with Crippen LogP contribution in [0.3, 0.4) is 0 Å². The van der Waals surface area contributed by atoms with E-state index in [0.717, 1.165) is 32.5 Å². The first-order chi connectivity index (χ1) is 9.26. The van der Waals surface area contributed by atoms with Gasteiger partial charge in [0.2, 0.25) is 5.91 Å². The number of hydrogen-bond donors (Lipinski definition) is 1. The fraction of sp³-hybridized carbons (Fsp3) is 0.500. The Kier molecular flexibility index (Phi) is 7.21. The van der Waals surface area contributed by atoms with Crippen molar-refractivity contribution in [1.29, 1.82) is 5.26 Å². The summed E-state index contributed by atoms with van der Waals surface area (Å²) < 4.78 is 5.22. The van der Waals surface area contributed by atoms with Crippen LogP contribution in [0.2, 0.25) is 0 Å². The predicted octanol–water partition coefficient (Wildman–Crippen LogP) is 2.49. The number of pyridine rings is 1. The van der Waals surface area contributed by atoms with Crippen LogP contribution in [0.5, 0.6) is 0 Å². The predicted molar refractivity (Wildman–Crippen MR) is 72.5 cm³/mol. The minimum absolute atomic E-state index is 0.0251. The van der Waals surface area contributed by atoms with E-state index >= 15 is 0 Å². The highest BCUT2D eigenvalue weighted by Gasteiger charge is 2.02. The van der Waals surface area contributed by atoms with Gasteiger partial charge in [0.05, 0.1) is 11.9 Å². The number of unbranched alkanes of at least 4 members (excludes halogenated alkanes) is 2. The van der Waals surface area contributed by atoms with Crippen LogP contribution in [-0.4, -0.2) is 24.1 Å². The number of hydrogen-bond acceptors (Lipinski definition) is 4. The maximum atomic E-state index is 11.6. The summed E-state index contributed by atoms with van der Waals surface area (Å²) in [5.74, 6) is -0.0251. The van der Waals surface area contributed by atoms with E-state index < -0.39 is 0 Å². The quantitative estimate of drug-likeness (QED) is 0.729. The lowest BCUT2D eigenvalue weighted by Gasteiger charge is -2.05. The van der Waals surface area contributed by atoms with E-state index in [4.69, 9.17) is 10.00 Å². The van der Waals surface area contributed by atoms with Crippen molar-refractivity contribution in [2.24, 2.45) is 0 Å². The number of amides is 1. The first-order valence-corrected chi connectivity index (χ1v) is 6.50. The van der Waals surface area contributed by atoms with Gasteiger partial charge in [0.1, 0.15) is 11.8 Å². The normalized spacial score (nSPS) is 9.89. The number of anilines is 1. The van der Waals surface area contributed by atoms with Crippen molar-refractivity contribution in [3.63, 3.8) is 0 Å². The van der Waals surface area contributed by atoms with E-state index in [1.807, 2.05) is 13.0 Å². The summed E-state index contributed by atoms with van der Waals surface area (Å²) in [6, 6.07) is 5.19. The largest absolute Gasteiger partial charge is 0.382 e. The van der Waals surface area contributed by atoms with Gasteiger partial charge in [0.25, 0.3) is 0 Å². The third-order valence-corrected chi connectivity index (χ3v) is 2.56. The van der Waals surface area contributed by atoms with Gasteiger partial charge in [-0.15, -0.1) is 0 Å². The maximum Gasteiger partial charge on any atom is 0.224 e. The summed E-state index contributed by atoms with van der Waals surface area (Å²) >= 11 is 0. The van der Waals surface area contributed by atoms with Crippen molar-refractivity contribution in [2.45, 2.75) is 32.6 Å². The second-order valence-electron chi connectivity index (χ2n) is 4.10. The molecule has 5 heteroatoms. The van der Waals surface area contributed by atoms with Crippen LogP contribution in [0.25, 0.3) is 0 Å². The van der Waals surface area contributed by atoms with Crippen LogP contribution >= 0.6 is 0 Å². The number of nitriles is 1. The van der Waals surface area contributed by atoms with Gasteiger partial charge < -0.3 is 10.1 Å². The lowest BCUT2D eigenvalue weighted by molar-refractivity contribution is -0.116. The molecule has 1 aromatic rings. The number of aromatic nitrogens is 1. The second kappa shape index (κ2) is 9.06. The van der Waals surface area contributed by atoms with Crippen LogP contribution in [0.4, 0.5) is 5.69 Å². The zero-order valence-electron chi connectivity index (χ0n) is 11.2. The minimum atomic E-state index is -0.0251. The summed E-state index contributed by atoms with van der Waals surface area (Å²) in [5.41, 5.74) is 0.965. The monoisotopic (exact) mass is 261 g/mol. The van der Waals surface area contributed by atoms with Crippen molar-refractivity contribution in [2.75, 3.05) is 18.5 Å². The van der Waals surface area contributed by atoms with Crippen LogP contribution < -0.4 is 5.32 Å². The summed E-state index contributed by atoms with van der Waals surface area (Å²) in [4.78, 5) is 15.5. The van der Waals surface area contributed by atoms with Gasteiger partial charge in [-0.25, -0.2) is 4.98 Å². The van der Waals surface area contributed by atoms with Gasteiger partial charge in [-0.1, -0.05) is 6.42 Å². The van der Waals surface area contributed by atoms with E-state index in [9.17, 15) is 4.79 Å². The average Bonchev–Trinajstić information content (AvgIpc) is 2.43. The Bertz CT molecular complexity index is 423. The number of nitrogens with one attached hydrogen (secondary N) is 1. The average molecular weight is 261 g/mol. The van der Waals surface area contributed by atoms with E-state index in [1.165, 1.54) is 6.20 Å². The Morgan fingerprint density at radius 1 is 1.42 bits per heavy atom. The molecule has 0 spiro atoms. The summed E-state index contributed by atoms with van der Waals surface area (Å²) in [6.45, 7) is 3.48. The van der Waals surface area contributed by atoms with E-state index in [-0.39, 0.29) is 5.91 Å². The molecular formula is C14H19N3O2. The van der Waals surface area contributed by atoms with Crippen LogP contribution in [-0.2, 0) is 9.53 Å². The van der Waals surface area contributed by atoms with Gasteiger partial charge in [-0.2, -0.15) is 5.26 Å². The number of ether oxygens (including phenoxy) is 1. The van der Waals surface area contributed by atoms with Crippen molar-refractivity contribution in [1.82, 2.24) is 4.98 Å². The zero-order chi connectivity index (χ0) is 13.9. The van der Waals surface area contributed by atoms with E-state index in [1.54, 1.807) is 12.1 Å². The smallest absolute Gasteiger partial charge is 0.224 e. The molecule has 0 aliphatic heterocycles. The molecule has 0 aromatic carbocycles. The molecule has 1 rings (SSSR count). The summed E-state index contributed by atoms with van der Waals surface area (Å²) in [6.07, 6.45) is 4.80. The number of rotatable bonds is 8. The van der Waals surface area contributed by atoms with E-state index in [2.05, 4.69) is 10.3 Å². The molecule has 0 radical (unpaired) electrons. The van der Waals surface area contributed by atoms with Crippen molar-refractivity contribution in [3.05, 3.63) is 24.0 Å². The van der Waals surface area contributed by atoms with Gasteiger partial charge in [-0.05, 0) is 31.9 Å². The van der Waals surface area contributed by atoms with Gasteiger partial charge in [-0.3, -0.25) is 4.79 Å². The lowest BCUT2D eigenvalue weighted by Crippen LogP contribution is -2.11. The third-order valence-electron chi connectivity index (χ3n) is 2.56. The molecule has 0 bridgehead atoms. The molecule has 1 aromatic heterocycles. The maximum absolute atomic E-state index is 11.6. The fourth-order valence-electron chi connectivity index (χ4n) is 1.57. The third kappa shape index (κ3) is 6.53. The van der Waals surface area contributed by atoms with Gasteiger partial charge >= 0.3 is 0 Å². The van der Waals surface area contributed by atoms with E-state index in [0.29, 0.717) is 17.8 Å². The highest BCUT2D eigenvalue weighted by atomic mass is 16.5. The van der Waals surface area contributed by atoms with Crippen molar-refractivity contribution < 1.29 is 9.53 Å². The molecule has 0 saturated carbocycles. The molecular weight excluding hydrogens is 242 g/mol. The molecule has 19 heavy (non-hydrogen) atoms. The molecule has 0 atom stereocenters. The Hall–Kier alpha value is -1.93. The summed E-state index contributed by atoms with van der Waals surface area (Å²) in [5, 5.41) is 11.4. The Balaban J connectivity index is 2.18. The molecule has 0 fully saturated rings. The van der Waals surface area contributed by atoms with Gasteiger partial charge in [0.15, 0.2) is 0 Å². The highest BCUT2D eigenvalue weighted by molar-refractivity contribution is 5.90. The SMILES string of the molecule is CCOCCCCCC(=O)Nc1ccc(C#N)nc1. The first kappa shape index (κ1) is 15.1. The van der Waals surface area contributed by atoms with Crippen LogP contribution in [0.15, 0.2) is 18.3 Å². The molecule has 0 unspecified atom stereocenters. The minimum Gasteiger partial charge on any atom is -0.382 e. The number of nitrogens with zero attached hydrogens (tertiary/aromatic N) is 2. The Morgan fingerprint density at radius 2 is 2.26 bits per heavy atom. The Labute approximate surface area is 113 Å². The van der Waals surface area contributed by atoms with Crippen molar-refractivity contribution in [3.8, 4) is 6.07 Å². The fourth-order valence-corrected chi connectivity index (χ4v) is 1.57. The molecule has 102 valence electrons. The molecule has 1 heterocycles. The highest BCUT2D eigenvalue weighted by Crippen LogP contribution is 2.08. The molecule has 5 nitrogen and oxygen atoms in total. The molecule has 0 aliphatic carbocycles. The summed E-state index contributed by atoms with van der Waals surface area (Å²) in [7, 11) is 0. The first-order valence-electron chi connectivity index (χ1n) is 6.50. The van der Waals surface area contributed by atoms with Crippen LogP contribution in [0.1, 0.15) is 38.3 Å². The second-order valence-corrected chi connectivity index (χ2v) is 4.10. The molecule has 0 saturated heterocycles.